The summed E-state index contributed by atoms with van der Waals surface area (Å²) < 4.78 is 26.0. The highest BCUT2D eigenvalue weighted by molar-refractivity contribution is 7.89. The van der Waals surface area contributed by atoms with Crippen LogP contribution in [0, 0.1) is 0 Å². The van der Waals surface area contributed by atoms with E-state index in [1.54, 1.807) is 12.1 Å². The number of anilines is 1. The zero-order valence-electron chi connectivity index (χ0n) is 8.10. The number of hydrogen-bond donors (Lipinski definition) is 3. The molecule has 0 unspecified atom stereocenters. The van der Waals surface area contributed by atoms with E-state index >= 15 is 0 Å². The van der Waals surface area contributed by atoms with Crippen LogP contribution in [0.2, 0.25) is 0 Å². The minimum Gasteiger partial charge on any atom is -0.324 e. The van der Waals surface area contributed by atoms with Crippen molar-refractivity contribution in [3.8, 4) is 0 Å². The van der Waals surface area contributed by atoms with E-state index in [9.17, 15) is 8.42 Å². The Balaban J connectivity index is 2.19. The van der Waals surface area contributed by atoms with Gasteiger partial charge in [-0.15, -0.1) is 0 Å². The van der Waals surface area contributed by atoms with Crippen LogP contribution in [0.5, 0.6) is 0 Å². The highest BCUT2D eigenvalue weighted by atomic mass is 32.2. The SMILES string of the molecule is NNc1ccc(S(=O)(=O)NC2CC2)cc1. The molecule has 0 bridgehead atoms. The second kappa shape index (κ2) is 3.80. The minimum atomic E-state index is -3.34. The van der Waals surface area contributed by atoms with Gasteiger partial charge in [-0.25, -0.2) is 13.1 Å². The summed E-state index contributed by atoms with van der Waals surface area (Å²) in [6, 6.07) is 6.44. The van der Waals surface area contributed by atoms with E-state index in [2.05, 4.69) is 10.1 Å². The van der Waals surface area contributed by atoms with E-state index in [1.165, 1.54) is 12.1 Å². The van der Waals surface area contributed by atoms with Gasteiger partial charge in [-0.3, -0.25) is 5.84 Å². The van der Waals surface area contributed by atoms with Gasteiger partial charge in [0, 0.05) is 11.7 Å². The maximum Gasteiger partial charge on any atom is 0.240 e. The zero-order chi connectivity index (χ0) is 10.9. The summed E-state index contributed by atoms with van der Waals surface area (Å²) in [4.78, 5) is 0.272. The number of hydrazine groups is 1. The Morgan fingerprint density at radius 1 is 1.20 bits per heavy atom. The molecule has 5 nitrogen and oxygen atoms in total. The van der Waals surface area contributed by atoms with Crippen molar-refractivity contribution in [3.63, 3.8) is 0 Å². The summed E-state index contributed by atoms with van der Waals surface area (Å²) in [6.07, 6.45) is 1.86. The van der Waals surface area contributed by atoms with Gasteiger partial charge in [-0.1, -0.05) is 0 Å². The largest absolute Gasteiger partial charge is 0.324 e. The molecular weight excluding hydrogens is 214 g/mol. The van der Waals surface area contributed by atoms with E-state index in [0.717, 1.165) is 12.8 Å². The maximum absolute atomic E-state index is 11.7. The zero-order valence-corrected chi connectivity index (χ0v) is 8.92. The molecule has 2 rings (SSSR count). The van der Waals surface area contributed by atoms with Gasteiger partial charge in [-0.05, 0) is 37.1 Å². The molecule has 0 aliphatic heterocycles. The molecule has 0 saturated heterocycles. The first-order valence-electron chi connectivity index (χ1n) is 4.71. The van der Waals surface area contributed by atoms with Crippen LogP contribution in [0.3, 0.4) is 0 Å². The van der Waals surface area contributed by atoms with Gasteiger partial charge >= 0.3 is 0 Å². The number of nitrogens with one attached hydrogen (secondary N) is 2. The van der Waals surface area contributed by atoms with Crippen molar-refractivity contribution >= 4 is 15.7 Å². The highest BCUT2D eigenvalue weighted by Gasteiger charge is 2.27. The predicted octanol–water partition coefficient (Wildman–Crippen LogP) is 0.413. The summed E-state index contributed by atoms with van der Waals surface area (Å²) in [7, 11) is -3.34. The number of hydrogen-bond acceptors (Lipinski definition) is 4. The molecule has 82 valence electrons. The van der Waals surface area contributed by atoms with Crippen molar-refractivity contribution in [2.75, 3.05) is 5.43 Å². The van der Waals surface area contributed by atoms with Crippen molar-refractivity contribution in [2.45, 2.75) is 23.8 Å². The lowest BCUT2D eigenvalue weighted by atomic mass is 10.3. The highest BCUT2D eigenvalue weighted by Crippen LogP contribution is 2.22. The topological polar surface area (TPSA) is 84.2 Å². The van der Waals surface area contributed by atoms with Gasteiger partial charge in [-0.2, -0.15) is 0 Å². The lowest BCUT2D eigenvalue weighted by molar-refractivity contribution is 0.581. The van der Waals surface area contributed by atoms with Crippen LogP contribution in [-0.4, -0.2) is 14.5 Å². The summed E-state index contributed by atoms with van der Waals surface area (Å²) >= 11 is 0. The first-order valence-corrected chi connectivity index (χ1v) is 6.19. The van der Waals surface area contributed by atoms with Crippen LogP contribution in [0.1, 0.15) is 12.8 Å². The number of benzene rings is 1. The second-order valence-electron chi connectivity index (χ2n) is 3.56. The fourth-order valence-electron chi connectivity index (χ4n) is 1.22. The fourth-order valence-corrected chi connectivity index (χ4v) is 2.52. The standard InChI is InChI=1S/C9H13N3O2S/c10-11-7-3-5-9(6-4-7)15(13,14)12-8-1-2-8/h3-6,8,11-12H,1-2,10H2. The number of nitrogens with two attached hydrogens (primary N) is 1. The van der Waals surface area contributed by atoms with Crippen LogP contribution < -0.4 is 16.0 Å². The van der Waals surface area contributed by atoms with Gasteiger partial charge in [0.15, 0.2) is 0 Å². The molecule has 0 amide bonds. The van der Waals surface area contributed by atoms with E-state index in [-0.39, 0.29) is 10.9 Å². The molecule has 0 heterocycles. The third-order valence-corrected chi connectivity index (χ3v) is 3.77. The van der Waals surface area contributed by atoms with Crippen LogP contribution in [0.15, 0.2) is 29.2 Å². The van der Waals surface area contributed by atoms with E-state index in [0.29, 0.717) is 5.69 Å². The molecule has 0 atom stereocenters. The van der Waals surface area contributed by atoms with E-state index < -0.39 is 10.0 Å². The lowest BCUT2D eigenvalue weighted by Crippen LogP contribution is -2.25. The quantitative estimate of drug-likeness (QED) is 0.514. The van der Waals surface area contributed by atoms with Gasteiger partial charge in [0.05, 0.1) is 4.90 Å². The van der Waals surface area contributed by atoms with Crippen molar-refractivity contribution in [3.05, 3.63) is 24.3 Å². The second-order valence-corrected chi connectivity index (χ2v) is 5.28. The molecule has 0 spiro atoms. The predicted molar refractivity (Wildman–Crippen MR) is 57.6 cm³/mol. The molecule has 1 aliphatic rings. The van der Waals surface area contributed by atoms with Gasteiger partial charge in [0.2, 0.25) is 10.0 Å². The molecular formula is C9H13N3O2S. The average Bonchev–Trinajstić information content (AvgIpc) is 3.01. The fraction of sp³-hybridized carbons (Fsp3) is 0.333. The number of nitrogen functional groups attached to an aromatic ring is 1. The molecule has 6 heteroatoms. The maximum atomic E-state index is 11.7. The average molecular weight is 227 g/mol. The van der Waals surface area contributed by atoms with Crippen molar-refractivity contribution in [1.82, 2.24) is 4.72 Å². The summed E-state index contributed by atoms with van der Waals surface area (Å²) in [6.45, 7) is 0. The molecule has 1 aliphatic carbocycles. The van der Waals surface area contributed by atoms with Crippen molar-refractivity contribution in [1.29, 1.82) is 0 Å². The van der Waals surface area contributed by atoms with Crippen LogP contribution in [-0.2, 0) is 10.0 Å². The summed E-state index contributed by atoms with van der Waals surface area (Å²) in [5.41, 5.74) is 3.12. The minimum absolute atomic E-state index is 0.127. The molecule has 1 aromatic carbocycles. The number of rotatable bonds is 4. The van der Waals surface area contributed by atoms with Gasteiger partial charge in [0.1, 0.15) is 0 Å². The summed E-state index contributed by atoms with van der Waals surface area (Å²) in [5.74, 6) is 5.18. The van der Waals surface area contributed by atoms with E-state index in [4.69, 9.17) is 5.84 Å². The van der Waals surface area contributed by atoms with Crippen molar-refractivity contribution in [2.24, 2.45) is 5.84 Å². The Labute approximate surface area is 88.7 Å². The monoisotopic (exact) mass is 227 g/mol. The Morgan fingerprint density at radius 2 is 1.80 bits per heavy atom. The smallest absolute Gasteiger partial charge is 0.240 e. The molecule has 0 radical (unpaired) electrons. The molecule has 1 aromatic rings. The molecule has 15 heavy (non-hydrogen) atoms. The molecule has 0 aromatic heterocycles. The number of sulfonamides is 1. The first-order chi connectivity index (χ1) is 7.12. The molecule has 4 N–H and O–H groups in total. The first kappa shape index (κ1) is 10.4. The Morgan fingerprint density at radius 3 is 2.27 bits per heavy atom. The van der Waals surface area contributed by atoms with Gasteiger partial charge in [0.25, 0.3) is 0 Å². The van der Waals surface area contributed by atoms with Crippen LogP contribution >= 0.6 is 0 Å². The summed E-state index contributed by atoms with van der Waals surface area (Å²) in [5, 5.41) is 0. The Hall–Kier alpha value is -1.11. The van der Waals surface area contributed by atoms with E-state index in [1.807, 2.05) is 0 Å². The third-order valence-electron chi connectivity index (χ3n) is 2.23. The normalized spacial score (nSPS) is 16.3. The van der Waals surface area contributed by atoms with Crippen LogP contribution in [0.25, 0.3) is 0 Å². The third kappa shape index (κ3) is 2.47. The lowest BCUT2D eigenvalue weighted by Gasteiger charge is -2.06. The Bertz CT molecular complexity index is 437. The van der Waals surface area contributed by atoms with Crippen molar-refractivity contribution < 1.29 is 8.42 Å². The Kier molecular flexibility index (Phi) is 2.64. The van der Waals surface area contributed by atoms with Crippen LogP contribution in [0.4, 0.5) is 5.69 Å². The van der Waals surface area contributed by atoms with Gasteiger partial charge < -0.3 is 5.43 Å². The molecule has 1 saturated carbocycles. The molecule has 1 fully saturated rings.